The molecule has 0 spiro atoms. The average molecular weight is 453 g/mol. The first-order valence-corrected chi connectivity index (χ1v) is 11.9. The number of benzene rings is 3. The zero-order valence-corrected chi connectivity index (χ0v) is 19.3. The monoisotopic (exact) mass is 452 g/mol. The summed E-state index contributed by atoms with van der Waals surface area (Å²) in [5.41, 5.74) is 5.08. The van der Waals surface area contributed by atoms with Gasteiger partial charge in [0.1, 0.15) is 0 Å². The lowest BCUT2D eigenvalue weighted by Crippen LogP contribution is -2.39. The molecular weight excluding hydrogens is 424 g/mol. The third-order valence-corrected chi connectivity index (χ3v) is 7.01. The number of aryl methyl sites for hydroxylation is 1. The number of hydrogen-bond acceptors (Lipinski definition) is 3. The van der Waals surface area contributed by atoms with Gasteiger partial charge in [-0.3, -0.25) is 14.4 Å². The van der Waals surface area contributed by atoms with E-state index >= 15 is 0 Å². The normalized spacial score (nSPS) is 17.8. The number of carbonyl (C=O) groups excluding carboxylic acids is 3. The highest BCUT2D eigenvalue weighted by molar-refractivity contribution is 6.34. The van der Waals surface area contributed by atoms with Crippen molar-refractivity contribution in [2.45, 2.75) is 51.0 Å². The molecular formula is C29H28N2O3. The first kappa shape index (κ1) is 22.1. The Balaban J connectivity index is 1.20. The van der Waals surface area contributed by atoms with Gasteiger partial charge in [-0.15, -0.1) is 0 Å². The number of hydrogen-bond donors (Lipinski definition) is 1. The van der Waals surface area contributed by atoms with Gasteiger partial charge in [-0.2, -0.15) is 0 Å². The molecule has 172 valence electrons. The number of nitrogens with zero attached hydrogens (tertiary/aromatic N) is 1. The molecule has 1 heterocycles. The van der Waals surface area contributed by atoms with Crippen LogP contribution in [0.4, 0.5) is 5.69 Å². The predicted octanol–water partition coefficient (Wildman–Crippen LogP) is 5.04. The van der Waals surface area contributed by atoms with Crippen LogP contribution < -0.4 is 10.2 Å². The molecule has 0 fully saturated rings. The summed E-state index contributed by atoms with van der Waals surface area (Å²) in [6, 6.07) is 23.1. The number of fused-ring (bicyclic) bond motifs is 2. The van der Waals surface area contributed by atoms with Crippen LogP contribution in [-0.4, -0.2) is 23.8 Å². The second kappa shape index (κ2) is 9.26. The smallest absolute Gasteiger partial charge is 0.266 e. The number of rotatable bonds is 6. The van der Waals surface area contributed by atoms with Gasteiger partial charge in [-0.25, -0.2) is 4.90 Å². The van der Waals surface area contributed by atoms with Crippen LogP contribution in [0.5, 0.6) is 0 Å². The standard InChI is InChI=1S/C29H28N2O3/c1-19(20-7-3-2-4-8-20)11-16-27(32)30-23-14-12-22-18-24(15-13-21(22)17-23)31-28(33)25-9-5-6-10-26(25)29(31)34/h2-10,13,15,18-19,23H,11-12,14,16-17H2,1H3,(H,30,32). The molecule has 0 saturated carbocycles. The highest BCUT2D eigenvalue weighted by atomic mass is 16.2. The van der Waals surface area contributed by atoms with Crippen LogP contribution in [0.2, 0.25) is 0 Å². The second-order valence-corrected chi connectivity index (χ2v) is 9.30. The first-order valence-electron chi connectivity index (χ1n) is 11.9. The van der Waals surface area contributed by atoms with Crippen LogP contribution >= 0.6 is 0 Å². The number of carbonyl (C=O) groups is 3. The molecule has 3 amide bonds. The van der Waals surface area contributed by atoms with Crippen LogP contribution in [0.3, 0.4) is 0 Å². The molecule has 1 N–H and O–H groups in total. The van der Waals surface area contributed by atoms with E-state index in [1.165, 1.54) is 10.5 Å². The van der Waals surface area contributed by atoms with Gasteiger partial charge in [0.05, 0.1) is 16.8 Å². The summed E-state index contributed by atoms with van der Waals surface area (Å²) in [6.07, 6.45) is 3.74. The molecule has 3 aromatic carbocycles. The fraction of sp³-hybridized carbons (Fsp3) is 0.276. The third-order valence-electron chi connectivity index (χ3n) is 7.01. The summed E-state index contributed by atoms with van der Waals surface area (Å²) in [5, 5.41) is 3.20. The largest absolute Gasteiger partial charge is 0.353 e. The Bertz CT molecular complexity index is 1220. The molecule has 34 heavy (non-hydrogen) atoms. The van der Waals surface area contributed by atoms with Gasteiger partial charge < -0.3 is 5.32 Å². The van der Waals surface area contributed by atoms with Crippen molar-refractivity contribution < 1.29 is 14.4 Å². The minimum Gasteiger partial charge on any atom is -0.353 e. The van der Waals surface area contributed by atoms with Crippen molar-refractivity contribution in [1.82, 2.24) is 5.32 Å². The lowest BCUT2D eigenvalue weighted by Gasteiger charge is -2.27. The maximum atomic E-state index is 12.8. The molecule has 2 unspecified atom stereocenters. The van der Waals surface area contributed by atoms with Gasteiger partial charge in [-0.1, -0.05) is 55.5 Å². The Hall–Kier alpha value is -3.73. The van der Waals surface area contributed by atoms with Gasteiger partial charge in [0, 0.05) is 12.5 Å². The summed E-state index contributed by atoms with van der Waals surface area (Å²) in [6.45, 7) is 2.16. The van der Waals surface area contributed by atoms with Crippen molar-refractivity contribution in [2.24, 2.45) is 0 Å². The molecule has 0 saturated heterocycles. The second-order valence-electron chi connectivity index (χ2n) is 9.30. The zero-order chi connectivity index (χ0) is 23.7. The van der Waals surface area contributed by atoms with E-state index in [1.807, 2.05) is 36.4 Å². The van der Waals surface area contributed by atoms with E-state index in [4.69, 9.17) is 0 Å². The summed E-state index contributed by atoms with van der Waals surface area (Å²) in [7, 11) is 0. The first-order chi connectivity index (χ1) is 16.5. The minimum atomic E-state index is -0.272. The predicted molar refractivity (Wildman–Crippen MR) is 132 cm³/mol. The van der Waals surface area contributed by atoms with Crippen LogP contribution in [0.1, 0.15) is 69.5 Å². The molecule has 0 radical (unpaired) electrons. The molecule has 5 heteroatoms. The zero-order valence-electron chi connectivity index (χ0n) is 19.3. The van der Waals surface area contributed by atoms with E-state index < -0.39 is 0 Å². The molecule has 0 bridgehead atoms. The van der Waals surface area contributed by atoms with Gasteiger partial charge in [-0.05, 0) is 72.6 Å². The lowest BCUT2D eigenvalue weighted by atomic mass is 9.87. The molecule has 1 aliphatic carbocycles. The summed E-state index contributed by atoms with van der Waals surface area (Å²) in [5.74, 6) is -0.101. The van der Waals surface area contributed by atoms with Crippen LogP contribution in [0, 0.1) is 0 Å². The molecule has 2 aliphatic rings. The third kappa shape index (κ3) is 4.26. The fourth-order valence-electron chi connectivity index (χ4n) is 5.02. The maximum Gasteiger partial charge on any atom is 0.266 e. The van der Waals surface area contributed by atoms with Crippen molar-refractivity contribution in [1.29, 1.82) is 0 Å². The number of amides is 3. The van der Waals surface area contributed by atoms with E-state index in [0.29, 0.717) is 29.2 Å². The number of imide groups is 1. The Labute approximate surface area is 199 Å². The van der Waals surface area contributed by atoms with Crippen molar-refractivity contribution in [3.63, 3.8) is 0 Å². The number of anilines is 1. The Morgan fingerprint density at radius 1 is 0.941 bits per heavy atom. The summed E-state index contributed by atoms with van der Waals surface area (Å²) in [4.78, 5) is 39.5. The topological polar surface area (TPSA) is 66.5 Å². The minimum absolute atomic E-state index is 0.0962. The van der Waals surface area contributed by atoms with E-state index in [0.717, 1.165) is 36.8 Å². The van der Waals surface area contributed by atoms with Gasteiger partial charge in [0.15, 0.2) is 0 Å². The van der Waals surface area contributed by atoms with E-state index in [9.17, 15) is 14.4 Å². The molecule has 5 nitrogen and oxygen atoms in total. The van der Waals surface area contributed by atoms with Crippen molar-refractivity contribution >= 4 is 23.4 Å². The maximum absolute atomic E-state index is 12.8. The Morgan fingerprint density at radius 3 is 2.32 bits per heavy atom. The SMILES string of the molecule is CC(CCC(=O)NC1CCc2cc(N3C(=O)c4ccccc4C3=O)ccc2C1)c1ccccc1. The molecule has 3 aromatic rings. The summed E-state index contributed by atoms with van der Waals surface area (Å²) < 4.78 is 0. The molecule has 0 aromatic heterocycles. The highest BCUT2D eigenvalue weighted by Gasteiger charge is 2.36. The van der Waals surface area contributed by atoms with Gasteiger partial charge in [0.2, 0.25) is 5.91 Å². The fourth-order valence-corrected chi connectivity index (χ4v) is 5.02. The van der Waals surface area contributed by atoms with Gasteiger partial charge >= 0.3 is 0 Å². The van der Waals surface area contributed by atoms with Gasteiger partial charge in [0.25, 0.3) is 11.8 Å². The highest BCUT2D eigenvalue weighted by Crippen LogP contribution is 2.32. The van der Waals surface area contributed by atoms with E-state index in [2.05, 4.69) is 24.4 Å². The quantitative estimate of drug-likeness (QED) is 0.533. The number of nitrogens with one attached hydrogen (secondary N) is 1. The Morgan fingerprint density at radius 2 is 1.62 bits per heavy atom. The van der Waals surface area contributed by atoms with E-state index in [-0.39, 0.29) is 23.8 Å². The molecule has 5 rings (SSSR count). The van der Waals surface area contributed by atoms with E-state index in [1.54, 1.807) is 24.3 Å². The van der Waals surface area contributed by atoms with Crippen molar-refractivity contribution in [3.8, 4) is 0 Å². The van der Waals surface area contributed by atoms with Crippen LogP contribution in [0.15, 0.2) is 72.8 Å². The Kier molecular flexibility index (Phi) is 6.01. The average Bonchev–Trinajstić information content (AvgIpc) is 3.12. The molecule has 1 aliphatic heterocycles. The van der Waals surface area contributed by atoms with Crippen LogP contribution in [-0.2, 0) is 17.6 Å². The van der Waals surface area contributed by atoms with Crippen molar-refractivity contribution in [3.05, 3.63) is 101 Å². The van der Waals surface area contributed by atoms with Crippen molar-refractivity contribution in [2.75, 3.05) is 4.90 Å². The molecule has 2 atom stereocenters. The lowest BCUT2D eigenvalue weighted by molar-refractivity contribution is -0.122. The van der Waals surface area contributed by atoms with Crippen LogP contribution in [0.25, 0.3) is 0 Å². The summed E-state index contributed by atoms with van der Waals surface area (Å²) >= 11 is 0.